The van der Waals surface area contributed by atoms with Gasteiger partial charge in [0.2, 0.25) is 0 Å². The Morgan fingerprint density at radius 2 is 1.04 bits per heavy atom. The Morgan fingerprint density at radius 1 is 0.560 bits per heavy atom. The second-order valence-electron chi connectivity index (χ2n) is 9.05. The average molecular weight is 341 g/mol. The molecule has 1 N–H and O–H groups in total. The van der Waals surface area contributed by atoms with Gasteiger partial charge in [-0.15, -0.1) is 0 Å². The van der Waals surface area contributed by atoms with Gasteiger partial charge in [0, 0.05) is 5.56 Å². The Balaban J connectivity index is 1.70. The van der Waals surface area contributed by atoms with Crippen LogP contribution in [0.4, 0.5) is 0 Å². The van der Waals surface area contributed by atoms with Gasteiger partial charge >= 0.3 is 0 Å². The largest absolute Gasteiger partial charge is 0.508 e. The van der Waals surface area contributed by atoms with Crippen LogP contribution in [0.25, 0.3) is 0 Å². The summed E-state index contributed by atoms with van der Waals surface area (Å²) in [6.45, 7) is 0. The molecule has 0 atom stereocenters. The Hall–Kier alpha value is -0.980. The quantitative estimate of drug-likeness (QED) is 0.602. The lowest BCUT2D eigenvalue weighted by Crippen LogP contribution is -2.14. The van der Waals surface area contributed by atoms with Crippen LogP contribution in [0.5, 0.6) is 5.75 Å². The van der Waals surface area contributed by atoms with Crippen molar-refractivity contribution in [2.45, 2.75) is 114 Å². The van der Waals surface area contributed by atoms with E-state index in [1.165, 1.54) is 107 Å². The molecule has 1 aromatic rings. The summed E-state index contributed by atoms with van der Waals surface area (Å²) in [5.74, 6) is 2.67. The molecular weight excluding hydrogens is 304 g/mol. The van der Waals surface area contributed by atoms with Crippen LogP contribution >= 0.6 is 0 Å². The first-order valence-corrected chi connectivity index (χ1v) is 11.2. The number of aromatic hydroxyl groups is 1. The third-order valence-electron chi connectivity index (χ3n) is 7.35. The van der Waals surface area contributed by atoms with E-state index in [1.54, 1.807) is 5.56 Å². The number of benzene rings is 1. The minimum absolute atomic E-state index is 0.617. The van der Waals surface area contributed by atoms with E-state index >= 15 is 0 Å². The van der Waals surface area contributed by atoms with Crippen LogP contribution in [0.15, 0.2) is 12.1 Å². The van der Waals surface area contributed by atoms with Crippen LogP contribution in [0, 0.1) is 0 Å². The predicted molar refractivity (Wildman–Crippen MR) is 106 cm³/mol. The van der Waals surface area contributed by atoms with Gasteiger partial charge in [0.15, 0.2) is 0 Å². The molecule has 3 aliphatic rings. The number of phenols is 1. The van der Waals surface area contributed by atoms with E-state index < -0.39 is 0 Å². The summed E-state index contributed by atoms with van der Waals surface area (Å²) in [7, 11) is 0. The standard InChI is InChI=1S/C24H36O/c25-23-17-21(18-10-4-1-5-11-18)16-22(19-12-6-2-7-13-19)24(23)20-14-8-3-9-15-20/h16-20,25H,1-15H2. The molecular formula is C24H36O. The Labute approximate surface area is 154 Å². The summed E-state index contributed by atoms with van der Waals surface area (Å²) < 4.78 is 0. The summed E-state index contributed by atoms with van der Waals surface area (Å²) in [5, 5.41) is 11.1. The van der Waals surface area contributed by atoms with E-state index in [0.29, 0.717) is 23.5 Å². The van der Waals surface area contributed by atoms with Crippen molar-refractivity contribution in [3.63, 3.8) is 0 Å². The minimum Gasteiger partial charge on any atom is -0.508 e. The maximum atomic E-state index is 11.1. The molecule has 138 valence electrons. The molecule has 1 aromatic carbocycles. The molecule has 0 aromatic heterocycles. The van der Waals surface area contributed by atoms with E-state index in [0.717, 1.165) is 0 Å². The molecule has 0 aliphatic heterocycles. The van der Waals surface area contributed by atoms with Crippen LogP contribution in [0.1, 0.15) is 131 Å². The highest BCUT2D eigenvalue weighted by Gasteiger charge is 2.28. The highest BCUT2D eigenvalue weighted by atomic mass is 16.3. The zero-order chi connectivity index (χ0) is 17.1. The molecule has 3 aliphatic carbocycles. The topological polar surface area (TPSA) is 20.2 Å². The molecule has 1 heteroatoms. The summed E-state index contributed by atoms with van der Waals surface area (Å²) in [6.07, 6.45) is 20.3. The Morgan fingerprint density at radius 3 is 1.60 bits per heavy atom. The molecule has 0 heterocycles. The van der Waals surface area contributed by atoms with Crippen molar-refractivity contribution in [3.8, 4) is 5.75 Å². The zero-order valence-electron chi connectivity index (χ0n) is 15.9. The number of hydrogen-bond acceptors (Lipinski definition) is 1. The zero-order valence-corrected chi connectivity index (χ0v) is 15.9. The third-order valence-corrected chi connectivity index (χ3v) is 7.35. The van der Waals surface area contributed by atoms with Crippen LogP contribution in [-0.4, -0.2) is 5.11 Å². The normalized spacial score (nSPS) is 24.5. The molecule has 0 spiro atoms. The maximum Gasteiger partial charge on any atom is 0.119 e. The second kappa shape index (κ2) is 8.14. The predicted octanol–water partition coefficient (Wildman–Crippen LogP) is 7.54. The first kappa shape index (κ1) is 17.4. The van der Waals surface area contributed by atoms with Gasteiger partial charge in [0.05, 0.1) is 0 Å². The highest BCUT2D eigenvalue weighted by Crippen LogP contribution is 2.47. The SMILES string of the molecule is Oc1cc(C2CCCCC2)cc(C2CCCCC2)c1C1CCCCC1. The Bertz CT molecular complexity index is 558. The summed E-state index contributed by atoms with van der Waals surface area (Å²) in [4.78, 5) is 0. The van der Waals surface area contributed by atoms with Gasteiger partial charge < -0.3 is 5.11 Å². The van der Waals surface area contributed by atoms with E-state index in [2.05, 4.69) is 12.1 Å². The first-order chi connectivity index (χ1) is 12.3. The molecule has 3 saturated carbocycles. The summed E-state index contributed by atoms with van der Waals surface area (Å²) >= 11 is 0. The van der Waals surface area contributed by atoms with Crippen molar-refractivity contribution in [3.05, 3.63) is 28.8 Å². The van der Waals surface area contributed by atoms with Gasteiger partial charge in [-0.1, -0.05) is 63.9 Å². The van der Waals surface area contributed by atoms with Crippen LogP contribution < -0.4 is 0 Å². The van der Waals surface area contributed by atoms with E-state index in [4.69, 9.17) is 0 Å². The van der Waals surface area contributed by atoms with E-state index in [-0.39, 0.29) is 0 Å². The van der Waals surface area contributed by atoms with Crippen molar-refractivity contribution < 1.29 is 5.11 Å². The van der Waals surface area contributed by atoms with Crippen molar-refractivity contribution in [1.29, 1.82) is 0 Å². The number of rotatable bonds is 3. The molecule has 0 unspecified atom stereocenters. The van der Waals surface area contributed by atoms with Crippen LogP contribution in [0.2, 0.25) is 0 Å². The van der Waals surface area contributed by atoms with Crippen molar-refractivity contribution in [1.82, 2.24) is 0 Å². The average Bonchev–Trinajstić information content (AvgIpc) is 2.69. The number of hydrogen-bond donors (Lipinski definition) is 1. The molecule has 4 rings (SSSR count). The number of phenolic OH excluding ortho intramolecular Hbond substituents is 1. The van der Waals surface area contributed by atoms with Crippen LogP contribution in [0.3, 0.4) is 0 Å². The molecule has 0 radical (unpaired) electrons. The van der Waals surface area contributed by atoms with Gasteiger partial charge in [-0.25, -0.2) is 0 Å². The molecule has 0 bridgehead atoms. The van der Waals surface area contributed by atoms with Crippen molar-refractivity contribution in [2.24, 2.45) is 0 Å². The maximum absolute atomic E-state index is 11.1. The summed E-state index contributed by atoms with van der Waals surface area (Å²) in [6, 6.07) is 4.74. The molecule has 3 fully saturated rings. The summed E-state index contributed by atoms with van der Waals surface area (Å²) in [5.41, 5.74) is 4.38. The highest BCUT2D eigenvalue weighted by molar-refractivity contribution is 5.48. The minimum atomic E-state index is 0.617. The molecule has 0 amide bonds. The van der Waals surface area contributed by atoms with Crippen molar-refractivity contribution in [2.75, 3.05) is 0 Å². The van der Waals surface area contributed by atoms with Gasteiger partial charge in [-0.05, 0) is 73.5 Å². The molecule has 25 heavy (non-hydrogen) atoms. The lowest BCUT2D eigenvalue weighted by atomic mass is 9.73. The van der Waals surface area contributed by atoms with Crippen LogP contribution in [-0.2, 0) is 0 Å². The fourth-order valence-electron chi connectivity index (χ4n) is 5.94. The second-order valence-corrected chi connectivity index (χ2v) is 9.05. The fourth-order valence-corrected chi connectivity index (χ4v) is 5.94. The smallest absolute Gasteiger partial charge is 0.119 e. The Kier molecular flexibility index (Phi) is 5.68. The van der Waals surface area contributed by atoms with Gasteiger partial charge in [-0.2, -0.15) is 0 Å². The third kappa shape index (κ3) is 3.91. The first-order valence-electron chi connectivity index (χ1n) is 11.2. The van der Waals surface area contributed by atoms with Gasteiger partial charge in [-0.3, -0.25) is 0 Å². The lowest BCUT2D eigenvalue weighted by Gasteiger charge is -2.32. The van der Waals surface area contributed by atoms with Gasteiger partial charge in [0.25, 0.3) is 0 Å². The molecule has 0 saturated heterocycles. The monoisotopic (exact) mass is 340 g/mol. The van der Waals surface area contributed by atoms with E-state index in [9.17, 15) is 5.11 Å². The fraction of sp³-hybridized carbons (Fsp3) is 0.750. The molecule has 1 nitrogen and oxygen atoms in total. The van der Waals surface area contributed by atoms with Gasteiger partial charge in [0.1, 0.15) is 5.75 Å². The van der Waals surface area contributed by atoms with Crippen molar-refractivity contribution >= 4 is 0 Å². The lowest BCUT2D eigenvalue weighted by molar-refractivity contribution is 0.393. The van der Waals surface area contributed by atoms with E-state index in [1.807, 2.05) is 0 Å².